The van der Waals surface area contributed by atoms with Gasteiger partial charge < -0.3 is 0 Å². The van der Waals surface area contributed by atoms with Crippen molar-refractivity contribution in [2.45, 2.75) is 6.42 Å². The number of Topliss-reactive ketones (excluding diaryl/α,β-unsaturated/α-hetero) is 1. The molecular formula is C21H17N3O3. The molecule has 0 aliphatic carbocycles. The number of benzene rings is 3. The summed E-state index contributed by atoms with van der Waals surface area (Å²) < 4.78 is 0. The number of nitro benzene ring substituents is 1. The minimum absolute atomic E-state index is 0.00654. The lowest BCUT2D eigenvalue weighted by Gasteiger charge is -2.08. The molecule has 0 atom stereocenters. The number of nitrogens with one attached hydrogen (secondary N) is 1. The molecule has 3 rings (SSSR count). The Hall–Kier alpha value is -3.80. The lowest BCUT2D eigenvalue weighted by atomic mass is 10.0. The van der Waals surface area contributed by atoms with Gasteiger partial charge in [-0.05, 0) is 17.7 Å². The van der Waals surface area contributed by atoms with Crippen LogP contribution in [0, 0.1) is 10.1 Å². The fourth-order valence-corrected chi connectivity index (χ4v) is 2.50. The zero-order chi connectivity index (χ0) is 19.1. The zero-order valence-corrected chi connectivity index (χ0v) is 14.4. The van der Waals surface area contributed by atoms with Crippen LogP contribution >= 0.6 is 0 Å². The molecule has 0 bridgehead atoms. The zero-order valence-electron chi connectivity index (χ0n) is 14.4. The lowest BCUT2D eigenvalue weighted by Crippen LogP contribution is -2.11. The molecule has 0 unspecified atom stereocenters. The summed E-state index contributed by atoms with van der Waals surface area (Å²) in [6, 6.07) is 24.4. The summed E-state index contributed by atoms with van der Waals surface area (Å²) in [5, 5.41) is 15.1. The van der Waals surface area contributed by atoms with Gasteiger partial charge in [0, 0.05) is 17.7 Å². The summed E-state index contributed by atoms with van der Waals surface area (Å²) in [4.78, 5) is 22.9. The van der Waals surface area contributed by atoms with E-state index in [0.717, 1.165) is 5.56 Å². The van der Waals surface area contributed by atoms with Crippen LogP contribution in [0.1, 0.15) is 22.3 Å². The number of nitrogens with zero attached hydrogens (tertiary/aromatic N) is 2. The van der Waals surface area contributed by atoms with Gasteiger partial charge in [0.1, 0.15) is 0 Å². The Balaban J connectivity index is 1.82. The minimum atomic E-state index is -0.457. The molecule has 1 N–H and O–H groups in total. The Morgan fingerprint density at radius 2 is 1.41 bits per heavy atom. The maximum absolute atomic E-state index is 12.6. The summed E-state index contributed by atoms with van der Waals surface area (Å²) in [5.41, 5.74) is 5.52. The first-order valence-corrected chi connectivity index (χ1v) is 8.34. The first-order chi connectivity index (χ1) is 13.1. The van der Waals surface area contributed by atoms with E-state index < -0.39 is 4.92 Å². The Morgan fingerprint density at radius 1 is 0.852 bits per heavy atom. The molecular weight excluding hydrogens is 342 g/mol. The number of non-ortho nitro benzene ring substituents is 1. The molecule has 3 aromatic rings. The van der Waals surface area contributed by atoms with E-state index in [1.807, 2.05) is 48.5 Å². The summed E-state index contributed by atoms with van der Waals surface area (Å²) in [6.45, 7) is 0. The van der Waals surface area contributed by atoms with E-state index in [0.29, 0.717) is 17.0 Å². The second-order valence-corrected chi connectivity index (χ2v) is 5.81. The standard InChI is InChI=1S/C21H17N3O3/c25-21(17-9-5-2-6-10-17)15-20(16-7-3-1-4-8-16)23-22-18-11-13-19(14-12-18)24(26)27/h1-14,22H,15H2. The van der Waals surface area contributed by atoms with Gasteiger partial charge in [0.2, 0.25) is 0 Å². The first-order valence-electron chi connectivity index (χ1n) is 8.34. The predicted octanol–water partition coefficient (Wildman–Crippen LogP) is 4.68. The lowest BCUT2D eigenvalue weighted by molar-refractivity contribution is -0.384. The molecule has 0 radical (unpaired) electrons. The molecule has 6 nitrogen and oxygen atoms in total. The fourth-order valence-electron chi connectivity index (χ4n) is 2.50. The van der Waals surface area contributed by atoms with Crippen LogP contribution in [0.25, 0.3) is 0 Å². The van der Waals surface area contributed by atoms with Crippen LogP contribution in [0.15, 0.2) is 90.0 Å². The molecule has 0 aromatic heterocycles. The molecule has 27 heavy (non-hydrogen) atoms. The highest BCUT2D eigenvalue weighted by Gasteiger charge is 2.12. The van der Waals surface area contributed by atoms with E-state index in [1.165, 1.54) is 12.1 Å². The highest BCUT2D eigenvalue weighted by atomic mass is 16.6. The molecule has 0 amide bonds. The molecule has 0 aliphatic rings. The van der Waals surface area contributed by atoms with Crippen molar-refractivity contribution in [1.82, 2.24) is 0 Å². The number of rotatable bonds is 7. The van der Waals surface area contributed by atoms with Gasteiger partial charge in [0.15, 0.2) is 5.78 Å². The van der Waals surface area contributed by atoms with Gasteiger partial charge in [-0.3, -0.25) is 20.3 Å². The number of carbonyl (C=O) groups excluding carboxylic acids is 1. The molecule has 0 heterocycles. The summed E-state index contributed by atoms with van der Waals surface area (Å²) in [6.07, 6.45) is 0.133. The Morgan fingerprint density at radius 3 is 1.96 bits per heavy atom. The highest BCUT2D eigenvalue weighted by molar-refractivity contribution is 6.15. The number of nitro groups is 1. The average molecular weight is 359 g/mol. The van der Waals surface area contributed by atoms with Gasteiger partial charge in [-0.1, -0.05) is 60.7 Å². The SMILES string of the molecule is O=C(CC(=NNc1ccc([N+](=O)[O-])cc1)c1ccccc1)c1ccccc1. The molecule has 6 heteroatoms. The van der Waals surface area contributed by atoms with Crippen molar-refractivity contribution in [3.63, 3.8) is 0 Å². The second-order valence-electron chi connectivity index (χ2n) is 5.81. The third kappa shape index (κ3) is 4.85. The number of ketones is 1. The maximum Gasteiger partial charge on any atom is 0.269 e. The number of hydrazone groups is 1. The number of hydrogen-bond donors (Lipinski definition) is 1. The summed E-state index contributed by atoms with van der Waals surface area (Å²) in [7, 11) is 0. The van der Waals surface area contributed by atoms with E-state index in [-0.39, 0.29) is 17.9 Å². The van der Waals surface area contributed by atoms with E-state index in [9.17, 15) is 14.9 Å². The molecule has 0 aliphatic heterocycles. The van der Waals surface area contributed by atoms with Gasteiger partial charge in [-0.15, -0.1) is 0 Å². The van der Waals surface area contributed by atoms with E-state index in [4.69, 9.17) is 0 Å². The van der Waals surface area contributed by atoms with Crippen molar-refractivity contribution in [2.24, 2.45) is 5.10 Å². The minimum Gasteiger partial charge on any atom is -0.294 e. The second kappa shape index (κ2) is 8.53. The van der Waals surface area contributed by atoms with Gasteiger partial charge in [0.05, 0.1) is 22.7 Å². The third-order valence-corrected chi connectivity index (χ3v) is 3.93. The van der Waals surface area contributed by atoms with Crippen LogP contribution in [0.4, 0.5) is 11.4 Å². The quantitative estimate of drug-likeness (QED) is 0.287. The first kappa shape index (κ1) is 18.0. The Bertz CT molecular complexity index is 953. The largest absolute Gasteiger partial charge is 0.294 e. The van der Waals surface area contributed by atoms with E-state index >= 15 is 0 Å². The average Bonchev–Trinajstić information content (AvgIpc) is 2.72. The van der Waals surface area contributed by atoms with Crippen LogP contribution < -0.4 is 5.43 Å². The Kier molecular flexibility index (Phi) is 5.69. The van der Waals surface area contributed by atoms with Crippen LogP contribution in [-0.4, -0.2) is 16.4 Å². The van der Waals surface area contributed by atoms with E-state index in [1.54, 1.807) is 24.3 Å². The Labute approximate surface area is 156 Å². The predicted molar refractivity (Wildman–Crippen MR) is 105 cm³/mol. The van der Waals surface area contributed by atoms with Crippen molar-refractivity contribution < 1.29 is 9.72 Å². The van der Waals surface area contributed by atoms with Gasteiger partial charge in [0.25, 0.3) is 5.69 Å². The van der Waals surface area contributed by atoms with E-state index in [2.05, 4.69) is 10.5 Å². The van der Waals surface area contributed by atoms with Crippen molar-refractivity contribution in [3.05, 3.63) is 106 Å². The molecule has 0 spiro atoms. The molecule has 0 saturated heterocycles. The maximum atomic E-state index is 12.6. The molecule has 0 saturated carbocycles. The van der Waals surface area contributed by atoms with Crippen LogP contribution in [-0.2, 0) is 0 Å². The van der Waals surface area contributed by atoms with Crippen molar-refractivity contribution in [2.75, 3.05) is 5.43 Å². The summed E-state index contributed by atoms with van der Waals surface area (Å²) in [5.74, 6) is -0.0382. The van der Waals surface area contributed by atoms with Gasteiger partial charge >= 0.3 is 0 Å². The van der Waals surface area contributed by atoms with Crippen LogP contribution in [0.2, 0.25) is 0 Å². The highest BCUT2D eigenvalue weighted by Crippen LogP contribution is 2.16. The van der Waals surface area contributed by atoms with Crippen molar-refractivity contribution in [3.8, 4) is 0 Å². The van der Waals surface area contributed by atoms with Crippen molar-refractivity contribution >= 4 is 22.9 Å². The molecule has 0 fully saturated rings. The number of hydrogen-bond acceptors (Lipinski definition) is 5. The normalized spacial score (nSPS) is 11.0. The van der Waals surface area contributed by atoms with Gasteiger partial charge in [-0.2, -0.15) is 5.10 Å². The molecule has 134 valence electrons. The number of carbonyl (C=O) groups is 1. The van der Waals surface area contributed by atoms with Crippen LogP contribution in [0.3, 0.4) is 0 Å². The monoisotopic (exact) mass is 359 g/mol. The smallest absolute Gasteiger partial charge is 0.269 e. The van der Waals surface area contributed by atoms with Crippen molar-refractivity contribution in [1.29, 1.82) is 0 Å². The fraction of sp³-hybridized carbons (Fsp3) is 0.0476. The third-order valence-electron chi connectivity index (χ3n) is 3.93. The van der Waals surface area contributed by atoms with Crippen LogP contribution in [0.5, 0.6) is 0 Å². The number of anilines is 1. The van der Waals surface area contributed by atoms with Gasteiger partial charge in [-0.25, -0.2) is 0 Å². The topological polar surface area (TPSA) is 84.6 Å². The molecule has 3 aromatic carbocycles. The summed E-state index contributed by atoms with van der Waals surface area (Å²) >= 11 is 0.